The van der Waals surface area contributed by atoms with E-state index in [1.165, 1.54) is 0 Å². The molecule has 5 heteroatoms. The van der Waals surface area contributed by atoms with Gasteiger partial charge in [0.15, 0.2) is 0 Å². The molecule has 0 aromatic rings. The summed E-state index contributed by atoms with van der Waals surface area (Å²) < 4.78 is 0. The molecule has 0 aliphatic carbocycles. The Kier molecular flexibility index (Phi) is 6.72. The fourth-order valence-corrected chi connectivity index (χ4v) is 2.38. The van der Waals surface area contributed by atoms with Gasteiger partial charge in [-0.1, -0.05) is 6.92 Å². The van der Waals surface area contributed by atoms with Crippen LogP contribution in [-0.2, 0) is 9.59 Å². The minimum Gasteiger partial charge on any atom is -0.396 e. The van der Waals surface area contributed by atoms with E-state index in [1.807, 2.05) is 11.8 Å². The van der Waals surface area contributed by atoms with E-state index in [0.29, 0.717) is 6.42 Å². The van der Waals surface area contributed by atoms with Crippen molar-refractivity contribution < 1.29 is 14.7 Å². The second-order valence-electron chi connectivity index (χ2n) is 4.78. The molecule has 2 amide bonds. The molecule has 0 saturated carbocycles. The van der Waals surface area contributed by atoms with Crippen molar-refractivity contribution in [2.75, 3.05) is 19.7 Å². The standard InChI is InChI=1S/C13H24N2O3/c1-2-5-12(17)14-10-13(18)15-8-3-6-11(15)7-4-9-16/h11,16H,2-10H2,1H3,(H,14,17). The summed E-state index contributed by atoms with van der Waals surface area (Å²) in [6, 6.07) is 0.243. The van der Waals surface area contributed by atoms with Gasteiger partial charge in [0.25, 0.3) is 0 Å². The third kappa shape index (κ3) is 4.64. The zero-order valence-corrected chi connectivity index (χ0v) is 11.2. The summed E-state index contributed by atoms with van der Waals surface area (Å²) in [7, 11) is 0. The van der Waals surface area contributed by atoms with Gasteiger partial charge in [0.1, 0.15) is 0 Å². The highest BCUT2D eigenvalue weighted by Gasteiger charge is 2.27. The molecule has 0 radical (unpaired) electrons. The Bertz CT molecular complexity index is 281. The smallest absolute Gasteiger partial charge is 0.242 e. The summed E-state index contributed by atoms with van der Waals surface area (Å²) in [5.41, 5.74) is 0. The minimum absolute atomic E-state index is 0.0000992. The van der Waals surface area contributed by atoms with Crippen LogP contribution in [0.1, 0.15) is 45.4 Å². The van der Waals surface area contributed by atoms with Crippen molar-refractivity contribution in [3.05, 3.63) is 0 Å². The largest absolute Gasteiger partial charge is 0.396 e. The SMILES string of the molecule is CCCC(=O)NCC(=O)N1CCCC1CCCO. The Hall–Kier alpha value is -1.10. The molecule has 1 heterocycles. The van der Waals surface area contributed by atoms with Crippen LogP contribution in [0.15, 0.2) is 0 Å². The monoisotopic (exact) mass is 256 g/mol. The number of aliphatic hydroxyl groups excluding tert-OH is 1. The van der Waals surface area contributed by atoms with Crippen molar-refractivity contribution >= 4 is 11.8 Å². The molecule has 0 aromatic heterocycles. The topological polar surface area (TPSA) is 69.6 Å². The summed E-state index contributed by atoms with van der Waals surface area (Å²) in [6.45, 7) is 2.99. The number of rotatable bonds is 7. The van der Waals surface area contributed by atoms with Gasteiger partial charge >= 0.3 is 0 Å². The van der Waals surface area contributed by atoms with E-state index in [9.17, 15) is 9.59 Å². The zero-order valence-electron chi connectivity index (χ0n) is 11.2. The number of carbonyl (C=O) groups is 2. The first-order chi connectivity index (χ1) is 8.69. The predicted molar refractivity (Wildman–Crippen MR) is 69.0 cm³/mol. The van der Waals surface area contributed by atoms with E-state index in [-0.39, 0.29) is 31.0 Å². The summed E-state index contributed by atoms with van der Waals surface area (Å²) in [5, 5.41) is 11.5. The highest BCUT2D eigenvalue weighted by atomic mass is 16.3. The predicted octanol–water partition coefficient (Wildman–Crippen LogP) is 0.666. The third-order valence-corrected chi connectivity index (χ3v) is 3.31. The van der Waals surface area contributed by atoms with Crippen molar-refractivity contribution in [3.8, 4) is 0 Å². The summed E-state index contributed by atoms with van der Waals surface area (Å²) >= 11 is 0. The van der Waals surface area contributed by atoms with E-state index in [0.717, 1.165) is 38.6 Å². The van der Waals surface area contributed by atoms with E-state index >= 15 is 0 Å². The summed E-state index contributed by atoms with van der Waals surface area (Å²) in [4.78, 5) is 25.1. The average Bonchev–Trinajstić information content (AvgIpc) is 2.82. The van der Waals surface area contributed by atoms with Crippen LogP contribution in [0.25, 0.3) is 0 Å². The maximum absolute atomic E-state index is 12.0. The molecule has 2 N–H and O–H groups in total. The average molecular weight is 256 g/mol. The Balaban J connectivity index is 2.33. The van der Waals surface area contributed by atoms with Crippen molar-refractivity contribution in [2.45, 2.75) is 51.5 Å². The van der Waals surface area contributed by atoms with Crippen LogP contribution in [0.4, 0.5) is 0 Å². The van der Waals surface area contributed by atoms with Gasteiger partial charge < -0.3 is 15.3 Å². The second-order valence-corrected chi connectivity index (χ2v) is 4.78. The molecular weight excluding hydrogens is 232 g/mol. The highest BCUT2D eigenvalue weighted by Crippen LogP contribution is 2.21. The lowest BCUT2D eigenvalue weighted by Gasteiger charge is -2.24. The van der Waals surface area contributed by atoms with Crippen molar-refractivity contribution in [3.63, 3.8) is 0 Å². The van der Waals surface area contributed by atoms with Gasteiger partial charge in [-0.25, -0.2) is 0 Å². The Morgan fingerprint density at radius 1 is 1.44 bits per heavy atom. The number of aliphatic hydroxyl groups is 1. The molecule has 104 valence electrons. The highest BCUT2D eigenvalue weighted by molar-refractivity contribution is 5.85. The fraction of sp³-hybridized carbons (Fsp3) is 0.846. The molecule has 1 aliphatic heterocycles. The number of hydrogen-bond acceptors (Lipinski definition) is 3. The molecule has 5 nitrogen and oxygen atoms in total. The van der Waals surface area contributed by atoms with Gasteiger partial charge in [-0.3, -0.25) is 9.59 Å². The molecule has 1 fully saturated rings. The van der Waals surface area contributed by atoms with E-state index in [1.54, 1.807) is 0 Å². The number of nitrogens with zero attached hydrogens (tertiary/aromatic N) is 1. The molecule has 1 atom stereocenters. The van der Waals surface area contributed by atoms with E-state index in [2.05, 4.69) is 5.32 Å². The zero-order chi connectivity index (χ0) is 13.4. The van der Waals surface area contributed by atoms with Gasteiger partial charge in [-0.15, -0.1) is 0 Å². The maximum Gasteiger partial charge on any atom is 0.242 e. The summed E-state index contributed by atoms with van der Waals surface area (Å²) in [5.74, 6) is -0.0585. The number of nitrogens with one attached hydrogen (secondary N) is 1. The number of hydrogen-bond donors (Lipinski definition) is 2. The van der Waals surface area contributed by atoms with Crippen LogP contribution in [0, 0.1) is 0 Å². The van der Waals surface area contributed by atoms with Gasteiger partial charge in [0.05, 0.1) is 6.54 Å². The number of amides is 2. The van der Waals surface area contributed by atoms with Crippen LogP contribution in [-0.4, -0.2) is 47.6 Å². The molecule has 1 rings (SSSR count). The third-order valence-electron chi connectivity index (χ3n) is 3.31. The van der Waals surface area contributed by atoms with Gasteiger partial charge in [0, 0.05) is 25.6 Å². The molecule has 1 aliphatic rings. The van der Waals surface area contributed by atoms with Crippen molar-refractivity contribution in [2.24, 2.45) is 0 Å². The quantitative estimate of drug-likeness (QED) is 0.703. The maximum atomic E-state index is 12.0. The lowest BCUT2D eigenvalue weighted by molar-refractivity contribution is -0.133. The normalized spacial score (nSPS) is 19.0. The number of carbonyl (C=O) groups excluding carboxylic acids is 2. The fourth-order valence-electron chi connectivity index (χ4n) is 2.38. The van der Waals surface area contributed by atoms with Crippen molar-refractivity contribution in [1.82, 2.24) is 10.2 Å². The Morgan fingerprint density at radius 3 is 2.89 bits per heavy atom. The lowest BCUT2D eigenvalue weighted by Crippen LogP contribution is -2.42. The molecule has 0 spiro atoms. The Morgan fingerprint density at radius 2 is 2.22 bits per heavy atom. The van der Waals surface area contributed by atoms with Crippen LogP contribution in [0.2, 0.25) is 0 Å². The summed E-state index contributed by atoms with van der Waals surface area (Å²) in [6.07, 6.45) is 4.88. The minimum atomic E-state index is -0.0584. The van der Waals surface area contributed by atoms with Gasteiger partial charge in [0.2, 0.25) is 11.8 Å². The van der Waals surface area contributed by atoms with E-state index < -0.39 is 0 Å². The van der Waals surface area contributed by atoms with Gasteiger partial charge in [-0.05, 0) is 32.1 Å². The van der Waals surface area contributed by atoms with E-state index in [4.69, 9.17) is 5.11 Å². The van der Waals surface area contributed by atoms with Crippen LogP contribution in [0.3, 0.4) is 0 Å². The second kappa shape index (κ2) is 8.08. The van der Waals surface area contributed by atoms with Crippen LogP contribution >= 0.6 is 0 Å². The number of likely N-dealkylation sites (tertiary alicyclic amines) is 1. The molecule has 0 aromatic carbocycles. The Labute approximate surface area is 109 Å². The first kappa shape index (κ1) is 15.0. The first-order valence-electron chi connectivity index (χ1n) is 6.86. The van der Waals surface area contributed by atoms with Gasteiger partial charge in [-0.2, -0.15) is 0 Å². The molecule has 1 saturated heterocycles. The molecule has 1 unspecified atom stereocenters. The molecule has 18 heavy (non-hydrogen) atoms. The molecular formula is C13H24N2O3. The van der Waals surface area contributed by atoms with Crippen LogP contribution in [0.5, 0.6) is 0 Å². The molecule has 0 bridgehead atoms. The van der Waals surface area contributed by atoms with Crippen LogP contribution < -0.4 is 5.32 Å². The first-order valence-corrected chi connectivity index (χ1v) is 6.86. The lowest BCUT2D eigenvalue weighted by atomic mass is 10.1. The van der Waals surface area contributed by atoms with Crippen molar-refractivity contribution in [1.29, 1.82) is 0 Å².